The average Bonchev–Trinajstić information content (AvgIpc) is 2.56. The summed E-state index contributed by atoms with van der Waals surface area (Å²) in [5, 5.41) is 2.58. The monoisotopic (exact) mass is 375 g/mol. The molecular formula is C19H25N3O5. The molecule has 8 heteroatoms. The van der Waals surface area contributed by atoms with Crippen LogP contribution in [-0.4, -0.2) is 33.6 Å². The van der Waals surface area contributed by atoms with Crippen LogP contribution in [0.25, 0.3) is 5.65 Å². The Morgan fingerprint density at radius 3 is 2.74 bits per heavy atom. The number of carbonyl (C=O) groups is 2. The molecule has 0 aliphatic heterocycles. The van der Waals surface area contributed by atoms with Crippen LogP contribution in [0.3, 0.4) is 0 Å². The molecule has 0 aliphatic rings. The highest BCUT2D eigenvalue weighted by molar-refractivity contribution is 5.70. The molecule has 0 fully saturated rings. The Balaban J connectivity index is 1.79. The SMILES string of the molecule is Cc1cccn2c(=O)cc(COC(=O)CCCNC(=O)OC(C)(C)C)nc12. The van der Waals surface area contributed by atoms with Gasteiger partial charge >= 0.3 is 12.1 Å². The highest BCUT2D eigenvalue weighted by atomic mass is 16.6. The smallest absolute Gasteiger partial charge is 0.407 e. The van der Waals surface area contributed by atoms with Crippen LogP contribution >= 0.6 is 0 Å². The van der Waals surface area contributed by atoms with Crippen LogP contribution in [0.5, 0.6) is 0 Å². The molecule has 0 aromatic carbocycles. The number of hydrogen-bond acceptors (Lipinski definition) is 6. The van der Waals surface area contributed by atoms with E-state index in [0.717, 1.165) is 5.56 Å². The van der Waals surface area contributed by atoms with Gasteiger partial charge in [-0.25, -0.2) is 9.78 Å². The van der Waals surface area contributed by atoms with Crippen molar-refractivity contribution in [2.24, 2.45) is 0 Å². The molecule has 27 heavy (non-hydrogen) atoms. The molecule has 8 nitrogen and oxygen atoms in total. The number of nitrogens with zero attached hydrogens (tertiary/aromatic N) is 2. The molecular weight excluding hydrogens is 350 g/mol. The van der Waals surface area contributed by atoms with Gasteiger partial charge in [-0.3, -0.25) is 14.0 Å². The van der Waals surface area contributed by atoms with E-state index in [0.29, 0.717) is 24.3 Å². The Hall–Kier alpha value is -2.90. The van der Waals surface area contributed by atoms with Crippen molar-refractivity contribution < 1.29 is 19.1 Å². The van der Waals surface area contributed by atoms with Crippen LogP contribution in [-0.2, 0) is 20.9 Å². The molecule has 0 atom stereocenters. The predicted molar refractivity (Wildman–Crippen MR) is 99.5 cm³/mol. The molecule has 1 N–H and O–H groups in total. The average molecular weight is 375 g/mol. The number of esters is 1. The van der Waals surface area contributed by atoms with Crippen LogP contribution in [0, 0.1) is 6.92 Å². The van der Waals surface area contributed by atoms with E-state index in [1.165, 1.54) is 10.5 Å². The van der Waals surface area contributed by atoms with Gasteiger partial charge in [-0.15, -0.1) is 0 Å². The zero-order valence-corrected chi connectivity index (χ0v) is 16.1. The number of ether oxygens (including phenoxy) is 2. The fourth-order valence-corrected chi connectivity index (χ4v) is 2.35. The summed E-state index contributed by atoms with van der Waals surface area (Å²) in [5.41, 5.74) is 1.01. The number of amides is 1. The third kappa shape index (κ3) is 6.40. The first-order chi connectivity index (χ1) is 12.7. The van der Waals surface area contributed by atoms with Crippen LogP contribution in [0.15, 0.2) is 29.2 Å². The van der Waals surface area contributed by atoms with E-state index in [1.807, 2.05) is 13.0 Å². The number of rotatable bonds is 6. The summed E-state index contributed by atoms with van der Waals surface area (Å²) in [7, 11) is 0. The van der Waals surface area contributed by atoms with E-state index in [4.69, 9.17) is 9.47 Å². The van der Waals surface area contributed by atoms with Crippen molar-refractivity contribution in [3.05, 3.63) is 46.0 Å². The van der Waals surface area contributed by atoms with Crippen molar-refractivity contribution in [2.45, 2.75) is 52.7 Å². The van der Waals surface area contributed by atoms with E-state index in [2.05, 4.69) is 10.3 Å². The number of aromatic nitrogens is 2. The standard InChI is InChI=1S/C19H25N3O5/c1-13-7-6-10-22-15(23)11-14(21-17(13)22)12-26-16(24)8-5-9-20-18(25)27-19(2,3)4/h6-7,10-11H,5,8-9,12H2,1-4H3,(H,20,25). The fraction of sp³-hybridized carbons (Fsp3) is 0.474. The third-order valence-electron chi connectivity index (χ3n) is 3.55. The second-order valence-corrected chi connectivity index (χ2v) is 7.16. The third-order valence-corrected chi connectivity index (χ3v) is 3.55. The second-order valence-electron chi connectivity index (χ2n) is 7.16. The lowest BCUT2D eigenvalue weighted by Crippen LogP contribution is -2.33. The zero-order valence-electron chi connectivity index (χ0n) is 16.1. The van der Waals surface area contributed by atoms with Gasteiger partial charge in [-0.2, -0.15) is 0 Å². The van der Waals surface area contributed by atoms with Crippen molar-refractivity contribution in [2.75, 3.05) is 6.54 Å². The van der Waals surface area contributed by atoms with Gasteiger partial charge in [0.1, 0.15) is 17.9 Å². The number of hydrogen-bond donors (Lipinski definition) is 1. The van der Waals surface area contributed by atoms with Gasteiger partial charge in [-0.05, 0) is 45.7 Å². The van der Waals surface area contributed by atoms with E-state index in [1.54, 1.807) is 33.0 Å². The molecule has 0 radical (unpaired) electrons. The maximum Gasteiger partial charge on any atom is 0.407 e. The van der Waals surface area contributed by atoms with E-state index >= 15 is 0 Å². The van der Waals surface area contributed by atoms with Gasteiger partial charge in [0.2, 0.25) is 0 Å². The minimum atomic E-state index is -0.563. The summed E-state index contributed by atoms with van der Waals surface area (Å²) in [6.45, 7) is 7.42. The molecule has 0 saturated carbocycles. The highest BCUT2D eigenvalue weighted by Crippen LogP contribution is 2.08. The second kappa shape index (κ2) is 8.66. The molecule has 2 heterocycles. The molecule has 1 amide bonds. The number of aryl methyl sites for hydroxylation is 1. The Morgan fingerprint density at radius 2 is 2.04 bits per heavy atom. The Kier molecular flexibility index (Phi) is 6.55. The molecule has 0 aliphatic carbocycles. The largest absolute Gasteiger partial charge is 0.459 e. The molecule has 2 aromatic rings. The molecule has 2 rings (SSSR count). The highest BCUT2D eigenvalue weighted by Gasteiger charge is 2.15. The quantitative estimate of drug-likeness (QED) is 0.615. The van der Waals surface area contributed by atoms with Gasteiger partial charge in [-0.1, -0.05) is 6.07 Å². The molecule has 146 valence electrons. The lowest BCUT2D eigenvalue weighted by atomic mass is 10.2. The fourth-order valence-electron chi connectivity index (χ4n) is 2.35. The number of alkyl carbamates (subject to hydrolysis) is 1. The minimum Gasteiger partial charge on any atom is -0.459 e. The first-order valence-electron chi connectivity index (χ1n) is 8.76. The van der Waals surface area contributed by atoms with Gasteiger partial charge in [0.25, 0.3) is 5.56 Å². The molecule has 0 bridgehead atoms. The van der Waals surface area contributed by atoms with E-state index < -0.39 is 17.7 Å². The van der Waals surface area contributed by atoms with Crippen molar-refractivity contribution in [3.63, 3.8) is 0 Å². The maximum atomic E-state index is 12.1. The van der Waals surface area contributed by atoms with Gasteiger partial charge in [0.05, 0.1) is 5.69 Å². The van der Waals surface area contributed by atoms with Crippen LogP contribution in [0.1, 0.15) is 44.9 Å². The number of fused-ring (bicyclic) bond motifs is 1. The number of carbonyl (C=O) groups excluding carboxylic acids is 2. The van der Waals surface area contributed by atoms with Crippen LogP contribution in [0.4, 0.5) is 4.79 Å². The van der Waals surface area contributed by atoms with Gasteiger partial charge in [0, 0.05) is 25.2 Å². The number of nitrogens with one attached hydrogen (secondary N) is 1. The number of pyridine rings is 1. The van der Waals surface area contributed by atoms with Gasteiger partial charge in [0.15, 0.2) is 0 Å². The topological polar surface area (TPSA) is 99.0 Å². The normalized spacial score (nSPS) is 11.3. The maximum absolute atomic E-state index is 12.1. The summed E-state index contributed by atoms with van der Waals surface area (Å²) in [5.74, 6) is -0.423. The lowest BCUT2D eigenvalue weighted by Gasteiger charge is -2.19. The molecule has 2 aromatic heterocycles. The summed E-state index contributed by atoms with van der Waals surface area (Å²) in [6, 6.07) is 4.98. The van der Waals surface area contributed by atoms with Crippen molar-refractivity contribution in [1.82, 2.24) is 14.7 Å². The summed E-state index contributed by atoms with van der Waals surface area (Å²) >= 11 is 0. The Morgan fingerprint density at radius 1 is 1.30 bits per heavy atom. The summed E-state index contributed by atoms with van der Waals surface area (Å²) in [6.07, 6.45) is 1.68. The zero-order chi connectivity index (χ0) is 20.0. The first-order valence-corrected chi connectivity index (χ1v) is 8.76. The summed E-state index contributed by atoms with van der Waals surface area (Å²) < 4.78 is 11.7. The Bertz CT molecular complexity index is 883. The lowest BCUT2D eigenvalue weighted by molar-refractivity contribution is -0.145. The predicted octanol–water partition coefficient (Wildman–Crippen LogP) is 2.35. The van der Waals surface area contributed by atoms with E-state index in [-0.39, 0.29) is 18.6 Å². The molecule has 0 spiro atoms. The van der Waals surface area contributed by atoms with Crippen molar-refractivity contribution in [3.8, 4) is 0 Å². The molecule has 0 unspecified atom stereocenters. The van der Waals surface area contributed by atoms with Crippen LogP contribution < -0.4 is 10.9 Å². The first kappa shape index (κ1) is 20.4. The van der Waals surface area contributed by atoms with Crippen molar-refractivity contribution >= 4 is 17.7 Å². The Labute approximate surface area is 157 Å². The van der Waals surface area contributed by atoms with E-state index in [9.17, 15) is 14.4 Å². The summed E-state index contributed by atoms with van der Waals surface area (Å²) in [4.78, 5) is 39.8. The van der Waals surface area contributed by atoms with Crippen LogP contribution in [0.2, 0.25) is 0 Å². The minimum absolute atomic E-state index is 0.0710. The molecule has 0 saturated heterocycles. The van der Waals surface area contributed by atoms with Crippen molar-refractivity contribution in [1.29, 1.82) is 0 Å². The van der Waals surface area contributed by atoms with Gasteiger partial charge < -0.3 is 14.8 Å².